The average Bonchev–Trinajstić information content (AvgIpc) is 2.72. The molecule has 31 heavy (non-hydrogen) atoms. The number of carbonyl (C=O) groups excluding carboxylic acids is 1. The number of amides is 2. The fraction of sp³-hybridized carbons (Fsp3) is 0.105. The van der Waals surface area contributed by atoms with Crippen molar-refractivity contribution in [2.24, 2.45) is 0 Å². The molecule has 2 aromatic carbocycles. The van der Waals surface area contributed by atoms with E-state index in [1.165, 1.54) is 36.7 Å². The molecule has 0 fully saturated rings. The number of rotatable bonds is 6. The van der Waals surface area contributed by atoms with Crippen LogP contribution >= 0.6 is 23.2 Å². The van der Waals surface area contributed by atoms with E-state index in [2.05, 4.69) is 25.3 Å². The third kappa shape index (κ3) is 5.75. The molecule has 3 rings (SSSR count). The van der Waals surface area contributed by atoms with Crippen LogP contribution in [-0.4, -0.2) is 24.4 Å². The Labute approximate surface area is 189 Å². The molecule has 9 nitrogen and oxygen atoms in total. The molecule has 0 saturated heterocycles. The first-order valence-corrected chi connectivity index (χ1v) is 11.1. The van der Waals surface area contributed by atoms with E-state index in [1.54, 1.807) is 25.1 Å². The molecule has 1 aromatic heterocycles. The van der Waals surface area contributed by atoms with E-state index >= 15 is 0 Å². The Bertz CT molecular complexity index is 1190. The number of nitrogens with two attached hydrogens (primary N) is 1. The number of urea groups is 1. The maximum Gasteiger partial charge on any atom is 0.319 e. The molecule has 5 N–H and O–H groups in total. The largest absolute Gasteiger partial charge is 0.368 e. The first-order valence-electron chi connectivity index (χ1n) is 8.87. The van der Waals surface area contributed by atoms with Crippen LogP contribution in [0.15, 0.2) is 59.8 Å². The van der Waals surface area contributed by atoms with Crippen molar-refractivity contribution in [1.29, 1.82) is 0 Å². The SMILES string of the molecule is C[C@H](NC(=O)Nc1ccc(S(=O)(=O)Nc2cnc(N)nc2)cc1)c1cccc(Cl)c1Cl. The highest BCUT2D eigenvalue weighted by molar-refractivity contribution is 7.92. The lowest BCUT2D eigenvalue weighted by atomic mass is 10.1. The molecule has 3 aromatic rings. The maximum absolute atomic E-state index is 12.5. The van der Waals surface area contributed by atoms with Gasteiger partial charge < -0.3 is 16.4 Å². The molecule has 0 spiro atoms. The molecule has 1 atom stereocenters. The minimum atomic E-state index is -3.86. The first-order chi connectivity index (χ1) is 14.7. The summed E-state index contributed by atoms with van der Waals surface area (Å²) in [7, 11) is -3.86. The van der Waals surface area contributed by atoms with E-state index in [0.29, 0.717) is 21.3 Å². The lowest BCUT2D eigenvalue weighted by molar-refractivity contribution is 0.249. The number of sulfonamides is 1. The van der Waals surface area contributed by atoms with Crippen molar-refractivity contribution in [2.45, 2.75) is 17.9 Å². The van der Waals surface area contributed by atoms with Crippen LogP contribution in [0.5, 0.6) is 0 Å². The second-order valence-electron chi connectivity index (χ2n) is 6.42. The third-order valence-corrected chi connectivity index (χ3v) is 6.37. The molecule has 0 aliphatic heterocycles. The standard InChI is InChI=1S/C19H18Cl2N6O3S/c1-11(15-3-2-4-16(20)17(15)21)25-19(28)26-12-5-7-14(8-6-12)31(29,30)27-13-9-23-18(22)24-10-13/h2-11,27H,1H3,(H2,22,23,24)(H2,25,26,28)/t11-/m0/s1. The summed E-state index contributed by atoms with van der Waals surface area (Å²) < 4.78 is 27.3. The van der Waals surface area contributed by atoms with E-state index < -0.39 is 22.1 Å². The van der Waals surface area contributed by atoms with E-state index in [9.17, 15) is 13.2 Å². The molecule has 162 valence electrons. The van der Waals surface area contributed by atoms with Gasteiger partial charge in [0.1, 0.15) is 0 Å². The topological polar surface area (TPSA) is 139 Å². The molecule has 0 radical (unpaired) electrons. The fourth-order valence-corrected chi connectivity index (χ4v) is 4.12. The van der Waals surface area contributed by atoms with Gasteiger partial charge in [0.25, 0.3) is 10.0 Å². The zero-order valence-corrected chi connectivity index (χ0v) is 18.5. The lowest BCUT2D eigenvalue weighted by Gasteiger charge is -2.17. The van der Waals surface area contributed by atoms with Crippen molar-refractivity contribution in [3.05, 3.63) is 70.5 Å². The molecule has 0 aliphatic rings. The third-order valence-electron chi connectivity index (χ3n) is 4.14. The monoisotopic (exact) mass is 480 g/mol. The summed E-state index contributed by atoms with van der Waals surface area (Å²) in [6.07, 6.45) is 2.51. The zero-order chi connectivity index (χ0) is 22.6. The number of nitrogens with one attached hydrogen (secondary N) is 3. The van der Waals surface area contributed by atoms with Crippen molar-refractivity contribution >= 4 is 56.6 Å². The molecule has 2 amide bonds. The van der Waals surface area contributed by atoms with Crippen molar-refractivity contribution in [2.75, 3.05) is 15.8 Å². The number of benzene rings is 2. The minimum Gasteiger partial charge on any atom is -0.368 e. The fourth-order valence-electron chi connectivity index (χ4n) is 2.62. The first kappa shape index (κ1) is 22.6. The quantitative estimate of drug-likeness (QED) is 0.419. The van der Waals surface area contributed by atoms with Crippen LogP contribution in [-0.2, 0) is 10.0 Å². The van der Waals surface area contributed by atoms with Crippen LogP contribution in [0, 0.1) is 0 Å². The van der Waals surface area contributed by atoms with Crippen molar-refractivity contribution in [3.8, 4) is 0 Å². The zero-order valence-electron chi connectivity index (χ0n) is 16.1. The number of aromatic nitrogens is 2. The van der Waals surface area contributed by atoms with E-state index in [4.69, 9.17) is 28.9 Å². The highest BCUT2D eigenvalue weighted by atomic mass is 35.5. The van der Waals surface area contributed by atoms with Crippen molar-refractivity contribution < 1.29 is 13.2 Å². The van der Waals surface area contributed by atoms with E-state index in [-0.39, 0.29) is 16.5 Å². The molecule has 1 heterocycles. The van der Waals surface area contributed by atoms with E-state index in [0.717, 1.165) is 0 Å². The second-order valence-corrected chi connectivity index (χ2v) is 8.89. The molecule has 0 saturated carbocycles. The van der Waals surface area contributed by atoms with Crippen LogP contribution in [0.2, 0.25) is 10.0 Å². The van der Waals surface area contributed by atoms with Gasteiger partial charge in [0.2, 0.25) is 5.95 Å². The molecule has 0 unspecified atom stereocenters. The van der Waals surface area contributed by atoms with Gasteiger partial charge in [-0.25, -0.2) is 23.2 Å². The van der Waals surface area contributed by atoms with Gasteiger partial charge in [-0.05, 0) is 42.8 Å². The van der Waals surface area contributed by atoms with Gasteiger partial charge in [-0.15, -0.1) is 0 Å². The smallest absolute Gasteiger partial charge is 0.319 e. The second kappa shape index (κ2) is 9.38. The Kier molecular flexibility index (Phi) is 6.84. The Morgan fingerprint density at radius 3 is 2.32 bits per heavy atom. The maximum atomic E-state index is 12.5. The predicted octanol–water partition coefficient (Wildman–Crippen LogP) is 4.05. The van der Waals surface area contributed by atoms with Gasteiger partial charge in [-0.3, -0.25) is 4.72 Å². The lowest BCUT2D eigenvalue weighted by Crippen LogP contribution is -2.31. The Hall–Kier alpha value is -3.08. The number of halogens is 2. The Balaban J connectivity index is 1.63. The number of anilines is 3. The number of nitrogens with zero attached hydrogens (tertiary/aromatic N) is 2. The van der Waals surface area contributed by atoms with Gasteiger partial charge in [0, 0.05) is 5.69 Å². The summed E-state index contributed by atoms with van der Waals surface area (Å²) in [6.45, 7) is 1.76. The molecular formula is C19H18Cl2N6O3S. The number of hydrogen-bond acceptors (Lipinski definition) is 6. The summed E-state index contributed by atoms with van der Waals surface area (Å²) >= 11 is 12.2. The van der Waals surface area contributed by atoms with Crippen LogP contribution in [0.25, 0.3) is 0 Å². The molecule has 12 heteroatoms. The van der Waals surface area contributed by atoms with E-state index in [1.807, 2.05) is 0 Å². The Morgan fingerprint density at radius 1 is 1.03 bits per heavy atom. The number of nitrogen functional groups attached to an aromatic ring is 1. The summed E-state index contributed by atoms with van der Waals surface area (Å²) in [4.78, 5) is 19.7. The summed E-state index contributed by atoms with van der Waals surface area (Å²) in [5, 5.41) is 6.14. The van der Waals surface area contributed by atoms with Gasteiger partial charge in [-0.2, -0.15) is 0 Å². The number of carbonyl (C=O) groups is 1. The summed E-state index contributed by atoms with van der Waals surface area (Å²) in [5.41, 5.74) is 6.62. The van der Waals surface area contributed by atoms with Gasteiger partial charge >= 0.3 is 6.03 Å². The van der Waals surface area contributed by atoms with Gasteiger partial charge in [-0.1, -0.05) is 35.3 Å². The molecule has 0 aliphatic carbocycles. The van der Waals surface area contributed by atoms with Gasteiger partial charge in [0.05, 0.1) is 39.1 Å². The van der Waals surface area contributed by atoms with Gasteiger partial charge in [0.15, 0.2) is 0 Å². The van der Waals surface area contributed by atoms with Crippen LogP contribution in [0.3, 0.4) is 0 Å². The average molecular weight is 481 g/mol. The molecule has 0 bridgehead atoms. The summed E-state index contributed by atoms with van der Waals surface area (Å²) in [5.74, 6) is 0.0311. The van der Waals surface area contributed by atoms with Crippen molar-refractivity contribution in [3.63, 3.8) is 0 Å². The summed E-state index contributed by atoms with van der Waals surface area (Å²) in [6, 6.07) is 9.90. The Morgan fingerprint density at radius 2 is 1.68 bits per heavy atom. The van der Waals surface area contributed by atoms with Crippen LogP contribution in [0.1, 0.15) is 18.5 Å². The predicted molar refractivity (Wildman–Crippen MR) is 121 cm³/mol. The van der Waals surface area contributed by atoms with Crippen LogP contribution < -0.4 is 21.1 Å². The van der Waals surface area contributed by atoms with Crippen LogP contribution in [0.4, 0.5) is 22.1 Å². The molecular weight excluding hydrogens is 463 g/mol. The number of hydrogen-bond donors (Lipinski definition) is 4. The highest BCUT2D eigenvalue weighted by Gasteiger charge is 2.16. The highest BCUT2D eigenvalue weighted by Crippen LogP contribution is 2.29. The minimum absolute atomic E-state index is 0.00522. The van der Waals surface area contributed by atoms with Crippen molar-refractivity contribution in [1.82, 2.24) is 15.3 Å². The normalized spacial score (nSPS) is 12.1.